The van der Waals surface area contributed by atoms with Gasteiger partial charge in [-0.1, -0.05) is 48.0 Å². The average Bonchev–Trinajstić information content (AvgIpc) is 2.63. The van der Waals surface area contributed by atoms with Gasteiger partial charge in [-0.3, -0.25) is 4.90 Å². The highest BCUT2D eigenvalue weighted by molar-refractivity contribution is 7.89. The van der Waals surface area contributed by atoms with Gasteiger partial charge < -0.3 is 4.74 Å². The van der Waals surface area contributed by atoms with Crippen LogP contribution < -0.4 is 4.72 Å². The number of ether oxygens (including phenoxy) is 1. The summed E-state index contributed by atoms with van der Waals surface area (Å²) in [4.78, 5) is 2.63. The number of rotatable bonds is 6. The summed E-state index contributed by atoms with van der Waals surface area (Å²) in [7, 11) is -3.55. The van der Waals surface area contributed by atoms with Crippen LogP contribution in [0.4, 0.5) is 0 Å². The maximum absolute atomic E-state index is 12.8. The number of nitrogens with one attached hydrogen (secondary N) is 1. The lowest BCUT2D eigenvalue weighted by atomic mass is 10.0. The lowest BCUT2D eigenvalue weighted by molar-refractivity contribution is 0.0172. The highest BCUT2D eigenvalue weighted by Crippen LogP contribution is 2.23. The van der Waals surface area contributed by atoms with Gasteiger partial charge in [-0.25, -0.2) is 13.1 Å². The van der Waals surface area contributed by atoms with E-state index >= 15 is 0 Å². The number of hydrogen-bond acceptors (Lipinski definition) is 4. The van der Waals surface area contributed by atoms with Crippen LogP contribution in [0.15, 0.2) is 53.4 Å². The molecule has 1 fully saturated rings. The Kier molecular flexibility index (Phi) is 6.09. The van der Waals surface area contributed by atoms with Gasteiger partial charge in [-0.2, -0.15) is 0 Å². The van der Waals surface area contributed by atoms with E-state index < -0.39 is 10.0 Å². The Hall–Kier alpha value is -1.73. The number of benzene rings is 2. The Morgan fingerprint density at radius 3 is 2.50 bits per heavy atom. The summed E-state index contributed by atoms with van der Waals surface area (Å²) in [5.41, 5.74) is 3.04. The van der Waals surface area contributed by atoms with Crippen molar-refractivity contribution in [3.05, 3.63) is 65.2 Å². The minimum atomic E-state index is -3.55. The molecule has 26 heavy (non-hydrogen) atoms. The van der Waals surface area contributed by atoms with Gasteiger partial charge >= 0.3 is 0 Å². The molecule has 1 aliphatic heterocycles. The fourth-order valence-corrected chi connectivity index (χ4v) is 4.63. The van der Waals surface area contributed by atoms with Gasteiger partial charge in [-0.15, -0.1) is 0 Å². The molecule has 0 spiro atoms. The molecule has 1 saturated heterocycles. The third kappa shape index (κ3) is 4.51. The van der Waals surface area contributed by atoms with Gasteiger partial charge in [0.2, 0.25) is 10.0 Å². The van der Waals surface area contributed by atoms with E-state index in [-0.39, 0.29) is 6.04 Å². The number of hydrogen-bond donors (Lipinski definition) is 1. The molecule has 3 rings (SSSR count). The van der Waals surface area contributed by atoms with Crippen LogP contribution >= 0.6 is 0 Å². The number of aryl methyl sites for hydroxylation is 2. The second kappa shape index (κ2) is 8.31. The molecule has 0 saturated carbocycles. The molecule has 140 valence electrons. The van der Waals surface area contributed by atoms with Crippen LogP contribution in [0, 0.1) is 13.8 Å². The van der Waals surface area contributed by atoms with Crippen molar-refractivity contribution in [3.8, 4) is 0 Å². The lowest BCUT2D eigenvalue weighted by Crippen LogP contribution is -2.43. The van der Waals surface area contributed by atoms with Crippen LogP contribution in [0.5, 0.6) is 0 Å². The van der Waals surface area contributed by atoms with Crippen molar-refractivity contribution in [2.24, 2.45) is 0 Å². The topological polar surface area (TPSA) is 58.6 Å². The lowest BCUT2D eigenvalue weighted by Gasteiger charge is -2.35. The van der Waals surface area contributed by atoms with E-state index in [0.717, 1.165) is 24.2 Å². The first-order valence-electron chi connectivity index (χ1n) is 8.91. The number of nitrogens with zero attached hydrogens (tertiary/aromatic N) is 1. The van der Waals surface area contributed by atoms with E-state index in [9.17, 15) is 8.42 Å². The fourth-order valence-electron chi connectivity index (χ4n) is 3.35. The molecule has 0 radical (unpaired) electrons. The maximum atomic E-state index is 12.8. The molecule has 0 aromatic heterocycles. The summed E-state index contributed by atoms with van der Waals surface area (Å²) in [6, 6.07) is 15.3. The zero-order valence-corrected chi connectivity index (χ0v) is 16.1. The normalized spacial score (nSPS) is 17.2. The molecular formula is C20H26N2O3S. The molecule has 5 nitrogen and oxygen atoms in total. The van der Waals surface area contributed by atoms with Gasteiger partial charge in [-0.05, 0) is 31.0 Å². The van der Waals surface area contributed by atoms with E-state index in [1.807, 2.05) is 25.1 Å². The standard InChI is InChI=1S/C20H26N2O3S/c1-16-6-5-8-18(14-16)19(22-10-12-25-13-11-22)15-21-26(23,24)20-9-4-3-7-17(20)2/h3-9,14,19,21H,10-13,15H2,1-2H3. The molecule has 1 atom stereocenters. The number of morpholine rings is 1. The van der Waals surface area contributed by atoms with Crippen molar-refractivity contribution in [1.29, 1.82) is 0 Å². The van der Waals surface area contributed by atoms with E-state index in [0.29, 0.717) is 24.7 Å². The van der Waals surface area contributed by atoms with Crippen molar-refractivity contribution in [2.45, 2.75) is 24.8 Å². The molecule has 1 unspecified atom stereocenters. The molecule has 0 aliphatic carbocycles. The van der Waals surface area contributed by atoms with Crippen LogP contribution in [0.2, 0.25) is 0 Å². The first-order valence-corrected chi connectivity index (χ1v) is 10.4. The minimum Gasteiger partial charge on any atom is -0.379 e. The molecule has 0 bridgehead atoms. The van der Waals surface area contributed by atoms with Gasteiger partial charge in [0.25, 0.3) is 0 Å². The van der Waals surface area contributed by atoms with Crippen molar-refractivity contribution in [2.75, 3.05) is 32.8 Å². The molecule has 2 aromatic rings. The molecule has 2 aromatic carbocycles. The predicted molar refractivity (Wildman–Crippen MR) is 103 cm³/mol. The molecule has 1 heterocycles. The summed E-state index contributed by atoms with van der Waals surface area (Å²) < 4.78 is 33.8. The second-order valence-electron chi connectivity index (χ2n) is 6.70. The first kappa shape index (κ1) is 19.0. The Morgan fingerprint density at radius 1 is 1.08 bits per heavy atom. The zero-order valence-electron chi connectivity index (χ0n) is 15.3. The third-order valence-corrected chi connectivity index (χ3v) is 6.35. The highest BCUT2D eigenvalue weighted by Gasteiger charge is 2.25. The van der Waals surface area contributed by atoms with E-state index in [2.05, 4.69) is 34.7 Å². The maximum Gasteiger partial charge on any atom is 0.240 e. The summed E-state index contributed by atoms with van der Waals surface area (Å²) in [5.74, 6) is 0. The molecule has 1 aliphatic rings. The zero-order chi connectivity index (χ0) is 18.6. The van der Waals surface area contributed by atoms with Gasteiger partial charge in [0.15, 0.2) is 0 Å². The first-order chi connectivity index (χ1) is 12.5. The SMILES string of the molecule is Cc1cccc(C(CNS(=O)(=O)c2ccccc2C)N2CCOCC2)c1. The number of sulfonamides is 1. The molecular weight excluding hydrogens is 348 g/mol. The van der Waals surface area contributed by atoms with Crippen LogP contribution in [-0.2, 0) is 14.8 Å². The van der Waals surface area contributed by atoms with Crippen LogP contribution in [0.3, 0.4) is 0 Å². The third-order valence-electron chi connectivity index (χ3n) is 4.76. The van der Waals surface area contributed by atoms with Gasteiger partial charge in [0.1, 0.15) is 0 Å². The van der Waals surface area contributed by atoms with Gasteiger partial charge in [0, 0.05) is 25.7 Å². The van der Waals surface area contributed by atoms with E-state index in [1.54, 1.807) is 12.1 Å². The fraction of sp³-hybridized carbons (Fsp3) is 0.400. The van der Waals surface area contributed by atoms with Gasteiger partial charge in [0.05, 0.1) is 18.1 Å². The van der Waals surface area contributed by atoms with Crippen molar-refractivity contribution in [3.63, 3.8) is 0 Å². The Labute approximate surface area is 156 Å². The highest BCUT2D eigenvalue weighted by atomic mass is 32.2. The summed E-state index contributed by atoms with van der Waals surface area (Å²) in [6.07, 6.45) is 0. The Balaban J connectivity index is 1.83. The second-order valence-corrected chi connectivity index (χ2v) is 8.43. The van der Waals surface area contributed by atoms with Crippen LogP contribution in [0.25, 0.3) is 0 Å². The summed E-state index contributed by atoms with van der Waals surface area (Å²) in [5, 5.41) is 0. The summed E-state index contributed by atoms with van der Waals surface area (Å²) >= 11 is 0. The summed E-state index contributed by atoms with van der Waals surface area (Å²) in [6.45, 7) is 7.14. The van der Waals surface area contributed by atoms with Crippen LogP contribution in [-0.4, -0.2) is 46.2 Å². The monoisotopic (exact) mass is 374 g/mol. The van der Waals surface area contributed by atoms with Crippen molar-refractivity contribution < 1.29 is 13.2 Å². The smallest absolute Gasteiger partial charge is 0.240 e. The van der Waals surface area contributed by atoms with Crippen molar-refractivity contribution in [1.82, 2.24) is 9.62 Å². The van der Waals surface area contributed by atoms with E-state index in [1.165, 1.54) is 5.56 Å². The quantitative estimate of drug-likeness (QED) is 0.845. The predicted octanol–water partition coefficient (Wildman–Crippen LogP) is 2.66. The van der Waals surface area contributed by atoms with Crippen LogP contribution in [0.1, 0.15) is 22.7 Å². The minimum absolute atomic E-state index is 0.0161. The molecule has 1 N–H and O–H groups in total. The average molecular weight is 375 g/mol. The van der Waals surface area contributed by atoms with E-state index in [4.69, 9.17) is 4.74 Å². The largest absolute Gasteiger partial charge is 0.379 e. The van der Waals surface area contributed by atoms with Crippen molar-refractivity contribution >= 4 is 10.0 Å². The Morgan fingerprint density at radius 2 is 1.81 bits per heavy atom. The molecule has 0 amide bonds. The molecule has 6 heteroatoms. The Bertz CT molecular complexity index is 846.